The predicted octanol–water partition coefficient (Wildman–Crippen LogP) is 3.66. The summed E-state index contributed by atoms with van der Waals surface area (Å²) >= 11 is 0. The summed E-state index contributed by atoms with van der Waals surface area (Å²) in [7, 11) is 1.28. The van der Waals surface area contributed by atoms with Crippen molar-refractivity contribution in [1.82, 2.24) is 20.6 Å². The number of hydrogen-bond donors (Lipinski definition) is 4. The molecular weight excluding hydrogens is 508 g/mol. The molecule has 5 rings (SSSR count). The van der Waals surface area contributed by atoms with Crippen LogP contribution in [-0.2, 0) is 32.0 Å². The van der Waals surface area contributed by atoms with Crippen LogP contribution in [0.3, 0.4) is 0 Å². The van der Waals surface area contributed by atoms with E-state index < -0.39 is 29.9 Å². The van der Waals surface area contributed by atoms with Crippen molar-refractivity contribution >= 4 is 39.6 Å². The molecule has 0 unspecified atom stereocenters. The van der Waals surface area contributed by atoms with E-state index in [1.807, 2.05) is 67.0 Å². The van der Waals surface area contributed by atoms with Gasteiger partial charge in [-0.2, -0.15) is 0 Å². The highest BCUT2D eigenvalue weighted by Crippen LogP contribution is 2.21. The molecule has 204 valence electrons. The molecule has 2 atom stereocenters. The van der Waals surface area contributed by atoms with E-state index in [4.69, 9.17) is 9.47 Å². The summed E-state index contributed by atoms with van der Waals surface area (Å²) in [4.78, 5) is 45.7. The van der Waals surface area contributed by atoms with Gasteiger partial charge in [-0.3, -0.25) is 9.59 Å². The summed E-state index contributed by atoms with van der Waals surface area (Å²) in [5.74, 6) is -1.01. The second-order valence-electron chi connectivity index (χ2n) is 9.43. The van der Waals surface area contributed by atoms with Crippen molar-refractivity contribution < 1.29 is 23.9 Å². The van der Waals surface area contributed by atoms with Gasteiger partial charge in [0.05, 0.1) is 7.11 Å². The molecule has 2 aromatic heterocycles. The van der Waals surface area contributed by atoms with Crippen molar-refractivity contribution in [1.29, 1.82) is 0 Å². The van der Waals surface area contributed by atoms with E-state index in [9.17, 15) is 14.4 Å². The summed E-state index contributed by atoms with van der Waals surface area (Å²) < 4.78 is 10.6. The summed E-state index contributed by atoms with van der Waals surface area (Å²) in [6.07, 6.45) is 4.06. The maximum atomic E-state index is 13.6. The van der Waals surface area contributed by atoms with Gasteiger partial charge in [-0.15, -0.1) is 0 Å². The van der Waals surface area contributed by atoms with Crippen LogP contribution < -0.4 is 15.4 Å². The molecule has 2 amide bonds. The first-order valence-electron chi connectivity index (χ1n) is 13.0. The number of para-hydroxylation sites is 3. The topological polar surface area (TPSA) is 125 Å². The van der Waals surface area contributed by atoms with Crippen LogP contribution in [0.25, 0.3) is 21.8 Å². The average molecular weight is 539 g/mol. The summed E-state index contributed by atoms with van der Waals surface area (Å²) in [5.41, 5.74) is 3.56. The zero-order valence-corrected chi connectivity index (χ0v) is 22.0. The molecule has 0 fully saturated rings. The number of aromatic nitrogens is 2. The number of carbonyl (C=O) groups is 3. The quantitative estimate of drug-likeness (QED) is 0.191. The van der Waals surface area contributed by atoms with E-state index in [2.05, 4.69) is 20.6 Å². The number of carbonyl (C=O) groups excluding carboxylic acids is 3. The molecule has 0 saturated heterocycles. The molecule has 0 aliphatic carbocycles. The number of nitrogens with one attached hydrogen (secondary N) is 4. The lowest BCUT2D eigenvalue weighted by atomic mass is 10.0. The van der Waals surface area contributed by atoms with Crippen LogP contribution in [0.4, 0.5) is 0 Å². The Hall–Kier alpha value is -5.05. The molecule has 4 N–H and O–H groups in total. The van der Waals surface area contributed by atoms with Crippen molar-refractivity contribution in [3.63, 3.8) is 0 Å². The number of aromatic amines is 2. The number of hydrogen-bond acceptors (Lipinski definition) is 5. The Balaban J connectivity index is 1.35. The lowest BCUT2D eigenvalue weighted by Crippen LogP contribution is -2.54. The van der Waals surface area contributed by atoms with E-state index in [0.29, 0.717) is 5.75 Å². The highest BCUT2D eigenvalue weighted by atomic mass is 16.5. The second kappa shape index (κ2) is 12.2. The fraction of sp³-hybridized carbons (Fsp3) is 0.194. The van der Waals surface area contributed by atoms with Crippen LogP contribution in [0.2, 0.25) is 0 Å². The van der Waals surface area contributed by atoms with Gasteiger partial charge in [-0.05, 0) is 35.4 Å². The van der Waals surface area contributed by atoms with Crippen molar-refractivity contribution in [3.05, 3.63) is 102 Å². The molecule has 5 aromatic rings. The third-order valence-corrected chi connectivity index (χ3v) is 6.76. The van der Waals surface area contributed by atoms with E-state index in [-0.39, 0.29) is 19.4 Å². The van der Waals surface area contributed by atoms with Gasteiger partial charge in [0.1, 0.15) is 17.8 Å². The van der Waals surface area contributed by atoms with Gasteiger partial charge in [0.15, 0.2) is 6.61 Å². The summed E-state index contributed by atoms with van der Waals surface area (Å²) in [6.45, 7) is -0.266. The van der Waals surface area contributed by atoms with Crippen LogP contribution in [-0.4, -0.2) is 53.6 Å². The largest absolute Gasteiger partial charge is 0.484 e. The molecule has 2 heterocycles. The smallest absolute Gasteiger partial charge is 0.328 e. The standard InChI is InChI=1S/C31H30N4O5/c1-39-31(38)28(16-21-18-33-26-14-8-6-12-24(21)26)35-30(37)27(15-20-17-32-25-13-7-5-11-23(20)25)34-29(36)19-40-22-9-3-2-4-10-22/h2-14,17-18,27-28,32-33H,15-16,19H2,1H3,(H,34,36)(H,35,37)/t27-,28-/m1/s1. The molecule has 0 radical (unpaired) electrons. The van der Waals surface area contributed by atoms with Gasteiger partial charge in [0, 0.05) is 47.0 Å². The molecule has 0 bridgehead atoms. The Bertz CT molecular complexity index is 1620. The minimum atomic E-state index is -0.971. The van der Waals surface area contributed by atoms with Crippen LogP contribution in [0.15, 0.2) is 91.3 Å². The van der Waals surface area contributed by atoms with Gasteiger partial charge in [0.25, 0.3) is 5.91 Å². The molecule has 0 spiro atoms. The normalized spacial score (nSPS) is 12.5. The molecule has 3 aromatic carbocycles. The van der Waals surface area contributed by atoms with E-state index >= 15 is 0 Å². The Labute approximate surface area is 230 Å². The van der Waals surface area contributed by atoms with Gasteiger partial charge in [-0.25, -0.2) is 4.79 Å². The van der Waals surface area contributed by atoms with Crippen LogP contribution in [0, 0.1) is 0 Å². The van der Waals surface area contributed by atoms with Crippen molar-refractivity contribution in [3.8, 4) is 5.75 Å². The number of methoxy groups -OCH3 is 1. The highest BCUT2D eigenvalue weighted by Gasteiger charge is 2.29. The fourth-order valence-corrected chi connectivity index (χ4v) is 4.76. The maximum Gasteiger partial charge on any atom is 0.328 e. The number of H-pyrrole nitrogens is 2. The van der Waals surface area contributed by atoms with Crippen molar-refractivity contribution in [2.24, 2.45) is 0 Å². The lowest BCUT2D eigenvalue weighted by molar-refractivity contribution is -0.145. The minimum Gasteiger partial charge on any atom is -0.484 e. The van der Waals surface area contributed by atoms with Gasteiger partial charge >= 0.3 is 5.97 Å². The Morgan fingerprint density at radius 3 is 1.88 bits per heavy atom. The molecule has 0 saturated carbocycles. The number of ether oxygens (including phenoxy) is 2. The van der Waals surface area contributed by atoms with Crippen LogP contribution >= 0.6 is 0 Å². The zero-order chi connectivity index (χ0) is 27.9. The first-order valence-corrected chi connectivity index (χ1v) is 13.0. The number of fused-ring (bicyclic) bond motifs is 2. The SMILES string of the molecule is COC(=O)[C@@H](Cc1c[nH]c2ccccc12)NC(=O)[C@@H](Cc1c[nH]c2ccccc12)NC(=O)COc1ccccc1. The molecule has 0 aliphatic rings. The van der Waals surface area contributed by atoms with E-state index in [1.54, 1.807) is 24.3 Å². The minimum absolute atomic E-state index is 0.202. The Morgan fingerprint density at radius 1 is 0.725 bits per heavy atom. The van der Waals surface area contributed by atoms with Crippen LogP contribution in [0.5, 0.6) is 5.75 Å². The van der Waals surface area contributed by atoms with Gasteiger partial charge < -0.3 is 30.1 Å². The first-order chi connectivity index (χ1) is 19.5. The number of esters is 1. The molecule has 9 heteroatoms. The molecule has 9 nitrogen and oxygen atoms in total. The molecular formula is C31H30N4O5. The third-order valence-electron chi connectivity index (χ3n) is 6.76. The highest BCUT2D eigenvalue weighted by molar-refractivity contribution is 5.93. The van der Waals surface area contributed by atoms with E-state index in [1.165, 1.54) is 7.11 Å². The average Bonchev–Trinajstić information content (AvgIpc) is 3.59. The summed E-state index contributed by atoms with van der Waals surface area (Å²) in [6, 6.07) is 22.5. The first kappa shape index (κ1) is 26.6. The Morgan fingerprint density at radius 2 is 1.27 bits per heavy atom. The van der Waals surface area contributed by atoms with Gasteiger partial charge in [-0.1, -0.05) is 54.6 Å². The lowest BCUT2D eigenvalue weighted by Gasteiger charge is -2.22. The van der Waals surface area contributed by atoms with Crippen molar-refractivity contribution in [2.45, 2.75) is 24.9 Å². The summed E-state index contributed by atoms with van der Waals surface area (Å²) in [5, 5.41) is 7.50. The second-order valence-corrected chi connectivity index (χ2v) is 9.43. The number of benzene rings is 3. The van der Waals surface area contributed by atoms with Crippen molar-refractivity contribution in [2.75, 3.05) is 13.7 Å². The number of amides is 2. The molecule has 0 aliphatic heterocycles. The third kappa shape index (κ3) is 6.15. The molecule has 40 heavy (non-hydrogen) atoms. The maximum absolute atomic E-state index is 13.6. The van der Waals surface area contributed by atoms with E-state index in [0.717, 1.165) is 32.9 Å². The Kier molecular flexibility index (Phi) is 8.10. The predicted molar refractivity (Wildman–Crippen MR) is 152 cm³/mol. The zero-order valence-electron chi connectivity index (χ0n) is 22.0. The van der Waals surface area contributed by atoms with Crippen LogP contribution in [0.1, 0.15) is 11.1 Å². The monoisotopic (exact) mass is 538 g/mol. The van der Waals surface area contributed by atoms with Gasteiger partial charge in [0.2, 0.25) is 5.91 Å². The number of rotatable bonds is 11. The fourth-order valence-electron chi connectivity index (χ4n) is 4.76.